The fraction of sp³-hybridized carbons (Fsp3) is 0.571. The van der Waals surface area contributed by atoms with Gasteiger partial charge in [0.15, 0.2) is 0 Å². The normalized spacial score (nSPS) is 29.2. The number of benzene rings is 1. The van der Waals surface area contributed by atoms with Gasteiger partial charge in [0.25, 0.3) is 5.91 Å². The Kier molecular flexibility index (Phi) is 5.19. The van der Waals surface area contributed by atoms with Crippen LogP contribution in [0, 0.1) is 19.8 Å². The summed E-state index contributed by atoms with van der Waals surface area (Å²) < 4.78 is 4.68. The molecule has 9 heteroatoms. The van der Waals surface area contributed by atoms with Crippen LogP contribution in [0.1, 0.15) is 18.1 Å². The van der Waals surface area contributed by atoms with Crippen molar-refractivity contribution in [1.29, 1.82) is 0 Å². The van der Waals surface area contributed by atoms with Crippen LogP contribution in [0.5, 0.6) is 0 Å². The number of nitrogens with one attached hydrogen (secondary N) is 1. The van der Waals surface area contributed by atoms with E-state index in [0.29, 0.717) is 5.92 Å². The van der Waals surface area contributed by atoms with Gasteiger partial charge in [0.2, 0.25) is 0 Å². The molecule has 4 rings (SSSR count). The Balaban J connectivity index is 1.68. The number of fused-ring (bicyclic) bond motifs is 3. The van der Waals surface area contributed by atoms with Crippen molar-refractivity contribution in [2.45, 2.75) is 39.3 Å². The van der Waals surface area contributed by atoms with Crippen molar-refractivity contribution >= 4 is 23.6 Å². The van der Waals surface area contributed by atoms with Crippen molar-refractivity contribution in [2.75, 3.05) is 38.7 Å². The number of carbonyl (C=O) groups is 3. The number of hydrogen-bond acceptors (Lipinski definition) is 7. The quantitative estimate of drug-likeness (QED) is 0.728. The van der Waals surface area contributed by atoms with E-state index in [2.05, 4.69) is 58.8 Å². The number of anilines is 1. The number of rotatable bonds is 3. The van der Waals surface area contributed by atoms with Crippen LogP contribution in [0.3, 0.4) is 0 Å². The second kappa shape index (κ2) is 7.55. The topological polar surface area (TPSA) is 85.4 Å². The standard InChI is InChI=1S/C21H29N5O4/c1-12-6-13(2)8-15(7-12)24-9-14(3)10-25-17-18(22-20(24)25)23(4)21(29)26(19(17)28)11-16(27)30-5/h6-8,14,17-18,20,22H,9-11H2,1-5H3. The van der Waals surface area contributed by atoms with Crippen molar-refractivity contribution in [3.63, 3.8) is 0 Å². The molecule has 3 heterocycles. The van der Waals surface area contributed by atoms with Gasteiger partial charge in [-0.05, 0) is 43.0 Å². The molecule has 30 heavy (non-hydrogen) atoms. The number of urea groups is 1. The van der Waals surface area contributed by atoms with Crippen LogP contribution in [0.2, 0.25) is 0 Å². The third kappa shape index (κ3) is 3.31. The average Bonchev–Trinajstić information content (AvgIpc) is 3.07. The van der Waals surface area contributed by atoms with Crippen LogP contribution in [-0.2, 0) is 14.3 Å². The summed E-state index contributed by atoms with van der Waals surface area (Å²) in [6.07, 6.45) is -0.669. The lowest BCUT2D eigenvalue weighted by molar-refractivity contribution is -0.149. The number of aryl methyl sites for hydroxylation is 2. The lowest BCUT2D eigenvalue weighted by atomic mass is 10.0. The van der Waals surface area contributed by atoms with Crippen LogP contribution in [0.15, 0.2) is 18.2 Å². The van der Waals surface area contributed by atoms with E-state index in [-0.39, 0.29) is 18.7 Å². The zero-order valence-corrected chi connectivity index (χ0v) is 18.1. The Labute approximate surface area is 176 Å². The Hall–Kier alpha value is -2.65. The number of ether oxygens (including phenoxy) is 1. The summed E-state index contributed by atoms with van der Waals surface area (Å²) in [6, 6.07) is 5.38. The second-order valence-corrected chi connectivity index (χ2v) is 8.62. The molecule has 4 atom stereocenters. The minimum atomic E-state index is -0.616. The highest BCUT2D eigenvalue weighted by Crippen LogP contribution is 2.35. The first-order valence-corrected chi connectivity index (χ1v) is 10.2. The SMILES string of the molecule is COC(=O)CN1C(=O)C2C(NC3N(c4cc(C)cc(C)c4)CC(C)CN23)N(C)C1=O. The molecule has 3 aliphatic rings. The highest BCUT2D eigenvalue weighted by Gasteiger charge is 2.57. The average molecular weight is 415 g/mol. The lowest BCUT2D eigenvalue weighted by Gasteiger charge is -2.46. The highest BCUT2D eigenvalue weighted by atomic mass is 16.5. The Morgan fingerprint density at radius 1 is 1.17 bits per heavy atom. The molecule has 1 aromatic carbocycles. The summed E-state index contributed by atoms with van der Waals surface area (Å²) in [5.74, 6) is -0.652. The molecule has 3 aliphatic heterocycles. The van der Waals surface area contributed by atoms with Gasteiger partial charge < -0.3 is 14.5 Å². The third-order valence-corrected chi connectivity index (χ3v) is 6.14. The maximum atomic E-state index is 13.3. The molecule has 162 valence electrons. The van der Waals surface area contributed by atoms with Crippen LogP contribution < -0.4 is 10.2 Å². The summed E-state index contributed by atoms with van der Waals surface area (Å²) in [6.45, 7) is 7.49. The predicted molar refractivity (Wildman–Crippen MR) is 111 cm³/mol. The zero-order chi connectivity index (χ0) is 21.7. The third-order valence-electron chi connectivity index (χ3n) is 6.14. The number of esters is 1. The van der Waals surface area contributed by atoms with Gasteiger partial charge in [-0.3, -0.25) is 24.7 Å². The molecule has 0 radical (unpaired) electrons. The monoisotopic (exact) mass is 415 g/mol. The molecular weight excluding hydrogens is 386 g/mol. The molecule has 0 spiro atoms. The van der Waals surface area contributed by atoms with E-state index in [1.54, 1.807) is 7.05 Å². The summed E-state index contributed by atoms with van der Waals surface area (Å²) in [7, 11) is 2.90. The maximum Gasteiger partial charge on any atom is 0.328 e. The number of nitrogens with zero attached hydrogens (tertiary/aromatic N) is 4. The molecule has 0 aromatic heterocycles. The molecule has 3 fully saturated rings. The number of amides is 3. The largest absolute Gasteiger partial charge is 0.468 e. The maximum absolute atomic E-state index is 13.3. The van der Waals surface area contributed by atoms with Crippen LogP contribution in [0.4, 0.5) is 10.5 Å². The van der Waals surface area contributed by atoms with E-state index in [1.807, 2.05) is 0 Å². The molecule has 3 saturated heterocycles. The molecule has 0 bridgehead atoms. The van der Waals surface area contributed by atoms with E-state index in [4.69, 9.17) is 0 Å². The van der Waals surface area contributed by atoms with E-state index in [0.717, 1.165) is 23.7 Å². The van der Waals surface area contributed by atoms with E-state index < -0.39 is 24.2 Å². The van der Waals surface area contributed by atoms with E-state index in [9.17, 15) is 14.4 Å². The van der Waals surface area contributed by atoms with Crippen molar-refractivity contribution in [3.8, 4) is 0 Å². The van der Waals surface area contributed by atoms with Crippen molar-refractivity contribution in [3.05, 3.63) is 29.3 Å². The summed E-state index contributed by atoms with van der Waals surface area (Å²) in [5.41, 5.74) is 3.45. The molecular formula is C21H29N5O4. The number of likely N-dealkylation sites (N-methyl/N-ethyl adjacent to an activating group) is 1. The van der Waals surface area contributed by atoms with Crippen LogP contribution >= 0.6 is 0 Å². The van der Waals surface area contributed by atoms with Gasteiger partial charge in [-0.1, -0.05) is 13.0 Å². The number of hydrogen-bond donors (Lipinski definition) is 1. The van der Waals surface area contributed by atoms with Crippen LogP contribution in [-0.4, -0.2) is 84.9 Å². The van der Waals surface area contributed by atoms with Crippen molar-refractivity contribution in [2.24, 2.45) is 5.92 Å². The van der Waals surface area contributed by atoms with E-state index >= 15 is 0 Å². The molecule has 1 aromatic rings. The van der Waals surface area contributed by atoms with Gasteiger partial charge in [0, 0.05) is 25.8 Å². The molecule has 1 N–H and O–H groups in total. The minimum absolute atomic E-state index is 0.213. The molecule has 3 amide bonds. The van der Waals surface area contributed by atoms with Gasteiger partial charge in [-0.25, -0.2) is 4.79 Å². The highest BCUT2D eigenvalue weighted by molar-refractivity contribution is 6.02. The van der Waals surface area contributed by atoms with Gasteiger partial charge in [-0.15, -0.1) is 0 Å². The number of methoxy groups -OCH3 is 1. The van der Waals surface area contributed by atoms with Gasteiger partial charge >= 0.3 is 12.0 Å². The predicted octanol–water partition coefficient (Wildman–Crippen LogP) is 0.710. The first-order chi connectivity index (χ1) is 14.2. The summed E-state index contributed by atoms with van der Waals surface area (Å²) in [4.78, 5) is 44.8. The molecule has 0 saturated carbocycles. The summed E-state index contributed by atoms with van der Waals surface area (Å²) >= 11 is 0. The van der Waals surface area contributed by atoms with Crippen LogP contribution in [0.25, 0.3) is 0 Å². The van der Waals surface area contributed by atoms with Gasteiger partial charge in [-0.2, -0.15) is 0 Å². The zero-order valence-electron chi connectivity index (χ0n) is 18.1. The van der Waals surface area contributed by atoms with Gasteiger partial charge in [0.05, 0.1) is 7.11 Å². The Bertz CT molecular complexity index is 870. The van der Waals surface area contributed by atoms with Crippen molar-refractivity contribution in [1.82, 2.24) is 20.0 Å². The number of imide groups is 1. The Morgan fingerprint density at radius 3 is 2.47 bits per heavy atom. The second-order valence-electron chi connectivity index (χ2n) is 8.62. The Morgan fingerprint density at radius 2 is 1.83 bits per heavy atom. The smallest absolute Gasteiger partial charge is 0.328 e. The lowest BCUT2D eigenvalue weighted by Crippen LogP contribution is -2.67. The molecule has 4 unspecified atom stereocenters. The first-order valence-electron chi connectivity index (χ1n) is 10.2. The summed E-state index contributed by atoms with van der Waals surface area (Å²) in [5, 5.41) is 3.49. The fourth-order valence-corrected chi connectivity index (χ4v) is 4.87. The molecule has 0 aliphatic carbocycles. The van der Waals surface area contributed by atoms with Gasteiger partial charge in [0.1, 0.15) is 25.0 Å². The minimum Gasteiger partial charge on any atom is -0.468 e. The fourth-order valence-electron chi connectivity index (χ4n) is 4.87. The molecule has 9 nitrogen and oxygen atoms in total. The van der Waals surface area contributed by atoms with E-state index in [1.165, 1.54) is 23.1 Å². The first kappa shape index (κ1) is 20.6. The number of carbonyl (C=O) groups excluding carboxylic acids is 3. The van der Waals surface area contributed by atoms with Crippen molar-refractivity contribution < 1.29 is 19.1 Å².